The van der Waals surface area contributed by atoms with Crippen molar-refractivity contribution in [2.45, 2.75) is 62.8 Å². The highest BCUT2D eigenvalue weighted by atomic mass is 16.2. The van der Waals surface area contributed by atoms with Crippen molar-refractivity contribution in [3.05, 3.63) is 29.8 Å². The number of benzene rings is 1. The molecule has 2 bridgehead atoms. The fourth-order valence-electron chi connectivity index (χ4n) is 6.66. The molecule has 1 unspecified atom stereocenters. The minimum atomic E-state index is -0.561. The second-order valence-corrected chi connectivity index (χ2v) is 9.14. The summed E-state index contributed by atoms with van der Waals surface area (Å²) in [4.78, 5) is 16.4. The zero-order chi connectivity index (χ0) is 17.7. The summed E-state index contributed by atoms with van der Waals surface area (Å²) in [5.74, 6) is 1.98. The van der Waals surface area contributed by atoms with Crippen LogP contribution in [0.3, 0.4) is 0 Å². The highest BCUT2D eigenvalue weighted by Gasteiger charge is 2.46. The van der Waals surface area contributed by atoms with E-state index in [1.807, 2.05) is 6.07 Å². The molecule has 4 nitrogen and oxygen atoms in total. The van der Waals surface area contributed by atoms with Crippen LogP contribution in [-0.2, 0) is 5.41 Å². The smallest absolute Gasteiger partial charge is 0.300 e. The number of rotatable bonds is 1. The Morgan fingerprint density at radius 1 is 1.04 bits per heavy atom. The van der Waals surface area contributed by atoms with Crippen LogP contribution >= 0.6 is 0 Å². The van der Waals surface area contributed by atoms with E-state index in [9.17, 15) is 4.79 Å². The maximum atomic E-state index is 11.9. The standard InChI is InChI=1S/C22H30N3O/c23-21(26)25-11-3-8-22(18-4-1-2-5-19(18)25)9-12-24(13-10-22)20-15-16-6-7-17(20)14-16/h1-2,4-5,16-17,20,23H,3,6-15H2/t16-,17-,20?/m1/s1. The number of amides is 2. The number of carbonyl (C=O) groups is 1. The van der Waals surface area contributed by atoms with Gasteiger partial charge in [0, 0.05) is 18.3 Å². The third-order valence-electron chi connectivity index (χ3n) is 7.97. The van der Waals surface area contributed by atoms with Crippen LogP contribution in [0.2, 0.25) is 0 Å². The lowest BCUT2D eigenvalue weighted by molar-refractivity contribution is 0.0805. The van der Waals surface area contributed by atoms with Gasteiger partial charge in [0.25, 0.3) is 0 Å². The molecule has 2 aliphatic carbocycles. The fourth-order valence-corrected chi connectivity index (χ4v) is 6.66. The summed E-state index contributed by atoms with van der Waals surface area (Å²) in [5.41, 5.74) is 10.2. The molecule has 2 heterocycles. The molecule has 2 amide bonds. The monoisotopic (exact) mass is 352 g/mol. The van der Waals surface area contributed by atoms with Crippen LogP contribution in [0.1, 0.15) is 56.9 Å². The molecule has 26 heavy (non-hydrogen) atoms. The van der Waals surface area contributed by atoms with Gasteiger partial charge < -0.3 is 4.90 Å². The number of likely N-dealkylation sites (tertiary alicyclic amines) is 1. The lowest BCUT2D eigenvalue weighted by Gasteiger charge is -2.46. The average Bonchev–Trinajstić information content (AvgIpc) is 3.25. The topological polar surface area (TPSA) is 47.4 Å². The largest absolute Gasteiger partial charge is 0.340 e. The lowest BCUT2D eigenvalue weighted by Crippen LogP contribution is -2.48. The van der Waals surface area contributed by atoms with E-state index >= 15 is 0 Å². The van der Waals surface area contributed by atoms with E-state index in [0.717, 1.165) is 36.4 Å². The van der Waals surface area contributed by atoms with E-state index in [2.05, 4.69) is 23.1 Å². The quantitative estimate of drug-likeness (QED) is 0.760. The number of para-hydroxylation sites is 1. The van der Waals surface area contributed by atoms with Crippen LogP contribution in [0.25, 0.3) is 0 Å². The first-order valence-electron chi connectivity index (χ1n) is 10.5. The van der Waals surface area contributed by atoms with Gasteiger partial charge in [-0.1, -0.05) is 24.6 Å². The van der Waals surface area contributed by atoms with Crippen LogP contribution in [0.4, 0.5) is 10.5 Å². The minimum absolute atomic E-state index is 0.203. The van der Waals surface area contributed by atoms with E-state index in [1.165, 1.54) is 57.2 Å². The molecule has 4 heteroatoms. The van der Waals surface area contributed by atoms with E-state index in [4.69, 9.17) is 5.73 Å². The molecular weight excluding hydrogens is 322 g/mol. The van der Waals surface area contributed by atoms with Gasteiger partial charge >= 0.3 is 6.03 Å². The molecule has 2 saturated carbocycles. The highest BCUT2D eigenvalue weighted by Crippen LogP contribution is 2.50. The lowest BCUT2D eigenvalue weighted by atomic mass is 9.69. The maximum absolute atomic E-state index is 11.9. The number of nitrogens with zero attached hydrogens (tertiary/aromatic N) is 2. The predicted molar refractivity (Wildman–Crippen MR) is 103 cm³/mol. The SMILES string of the molecule is [NH]C(=O)N1CCCC2(CCN(C3C[C@@H]4CC[C@@H]3C4)CC2)c2ccccc21. The Morgan fingerprint density at radius 2 is 1.85 bits per heavy atom. The van der Waals surface area contributed by atoms with E-state index < -0.39 is 6.03 Å². The Kier molecular flexibility index (Phi) is 4.00. The van der Waals surface area contributed by atoms with Crippen molar-refractivity contribution >= 4 is 11.7 Å². The Balaban J connectivity index is 1.39. The molecule has 1 spiro atoms. The van der Waals surface area contributed by atoms with Gasteiger partial charge in [-0.2, -0.15) is 0 Å². The van der Waals surface area contributed by atoms with E-state index in [0.29, 0.717) is 6.54 Å². The molecule has 3 atom stereocenters. The van der Waals surface area contributed by atoms with Gasteiger partial charge in [0.2, 0.25) is 0 Å². The van der Waals surface area contributed by atoms with Gasteiger partial charge in [-0.15, -0.1) is 0 Å². The van der Waals surface area contributed by atoms with Gasteiger partial charge in [0.1, 0.15) is 0 Å². The number of carbonyl (C=O) groups excluding carboxylic acids is 1. The number of anilines is 1. The van der Waals surface area contributed by atoms with Gasteiger partial charge in [-0.3, -0.25) is 4.90 Å². The van der Waals surface area contributed by atoms with Crippen LogP contribution < -0.4 is 10.6 Å². The average molecular weight is 353 g/mol. The molecule has 3 fully saturated rings. The number of hydrogen-bond acceptors (Lipinski definition) is 2. The van der Waals surface area contributed by atoms with Crippen LogP contribution in [0.5, 0.6) is 0 Å². The molecule has 0 aromatic heterocycles. The Bertz CT molecular complexity index is 694. The Hall–Kier alpha value is -1.55. The van der Waals surface area contributed by atoms with E-state index in [-0.39, 0.29) is 5.41 Å². The zero-order valence-corrected chi connectivity index (χ0v) is 15.6. The van der Waals surface area contributed by atoms with Crippen molar-refractivity contribution in [3.63, 3.8) is 0 Å². The number of fused-ring (bicyclic) bond motifs is 4. The molecule has 1 aromatic rings. The number of urea groups is 1. The number of piperidine rings is 1. The van der Waals surface area contributed by atoms with Crippen LogP contribution in [0, 0.1) is 11.8 Å². The molecule has 139 valence electrons. The second-order valence-electron chi connectivity index (χ2n) is 9.14. The summed E-state index contributed by atoms with van der Waals surface area (Å²) in [5, 5.41) is 0. The normalized spacial score (nSPS) is 33.2. The number of hydrogen-bond donors (Lipinski definition) is 0. The van der Waals surface area contributed by atoms with Crippen molar-refractivity contribution in [1.82, 2.24) is 10.6 Å². The second kappa shape index (κ2) is 6.26. The van der Waals surface area contributed by atoms with E-state index in [1.54, 1.807) is 4.90 Å². The van der Waals surface area contributed by atoms with Gasteiger partial charge in [-0.05, 0) is 86.9 Å². The van der Waals surface area contributed by atoms with Crippen LogP contribution in [-0.4, -0.2) is 36.6 Å². The summed E-state index contributed by atoms with van der Waals surface area (Å²) in [6.45, 7) is 3.10. The third-order valence-corrected chi connectivity index (χ3v) is 7.97. The summed E-state index contributed by atoms with van der Waals surface area (Å²) in [6, 6.07) is 8.69. The summed E-state index contributed by atoms with van der Waals surface area (Å²) < 4.78 is 0. The Morgan fingerprint density at radius 3 is 2.54 bits per heavy atom. The first-order valence-corrected chi connectivity index (χ1v) is 10.5. The third kappa shape index (κ3) is 2.57. The van der Waals surface area contributed by atoms with Gasteiger partial charge in [-0.25, -0.2) is 10.5 Å². The Labute approximate surface area is 156 Å². The highest BCUT2D eigenvalue weighted by molar-refractivity contribution is 5.91. The molecule has 2 aliphatic heterocycles. The molecule has 1 saturated heterocycles. The maximum Gasteiger partial charge on any atom is 0.340 e. The van der Waals surface area contributed by atoms with Crippen molar-refractivity contribution in [1.29, 1.82) is 0 Å². The summed E-state index contributed by atoms with van der Waals surface area (Å²) >= 11 is 0. The predicted octanol–water partition coefficient (Wildman–Crippen LogP) is 4.21. The molecule has 1 radical (unpaired) electrons. The molecular formula is C22H30N3O. The molecule has 5 rings (SSSR count). The summed E-state index contributed by atoms with van der Waals surface area (Å²) in [6.07, 6.45) is 10.4. The van der Waals surface area contributed by atoms with Crippen molar-refractivity contribution in [2.24, 2.45) is 11.8 Å². The van der Waals surface area contributed by atoms with Crippen molar-refractivity contribution < 1.29 is 4.79 Å². The minimum Gasteiger partial charge on any atom is -0.300 e. The van der Waals surface area contributed by atoms with Crippen molar-refractivity contribution in [2.75, 3.05) is 24.5 Å². The first-order chi connectivity index (χ1) is 12.7. The van der Waals surface area contributed by atoms with Gasteiger partial charge in [0.05, 0.1) is 0 Å². The molecule has 1 aromatic carbocycles. The molecule has 1 N–H and O–H groups in total. The van der Waals surface area contributed by atoms with Crippen LogP contribution in [0.15, 0.2) is 24.3 Å². The number of nitrogens with one attached hydrogen (secondary N) is 1. The first kappa shape index (κ1) is 16.6. The summed E-state index contributed by atoms with van der Waals surface area (Å²) in [7, 11) is 0. The zero-order valence-electron chi connectivity index (χ0n) is 15.6. The fraction of sp³-hybridized carbons (Fsp3) is 0.682. The van der Waals surface area contributed by atoms with Crippen molar-refractivity contribution in [3.8, 4) is 0 Å². The van der Waals surface area contributed by atoms with Gasteiger partial charge in [0.15, 0.2) is 0 Å². The molecule has 4 aliphatic rings.